The van der Waals surface area contributed by atoms with Crippen molar-refractivity contribution >= 4 is 10.0 Å². The average molecular weight is 257 g/mol. The number of nitrogens with zero attached hydrogens (tertiary/aromatic N) is 1. The Labute approximate surface area is 103 Å². The largest absolute Gasteiger partial charge is 0.318 e. The average Bonchev–Trinajstić information content (AvgIpc) is 2.30. The lowest BCUT2D eigenvalue weighted by Gasteiger charge is -2.13. The zero-order valence-electron chi connectivity index (χ0n) is 10.2. The first-order chi connectivity index (χ1) is 8.06. The van der Waals surface area contributed by atoms with Crippen LogP contribution in [0.3, 0.4) is 0 Å². The van der Waals surface area contributed by atoms with E-state index in [1.54, 1.807) is 26.4 Å². The summed E-state index contributed by atoms with van der Waals surface area (Å²) in [5.41, 5.74) is 1.02. The molecule has 0 spiro atoms. The fraction of sp³-hybridized carbons (Fsp3) is 0.545. The van der Waals surface area contributed by atoms with Gasteiger partial charge in [0.05, 0.1) is 5.25 Å². The molecule has 0 aliphatic rings. The number of sulfonamides is 1. The Balaban J connectivity index is 2.40. The van der Waals surface area contributed by atoms with Gasteiger partial charge in [-0.1, -0.05) is 6.07 Å². The predicted molar refractivity (Wildman–Crippen MR) is 68.3 cm³/mol. The van der Waals surface area contributed by atoms with Gasteiger partial charge in [0, 0.05) is 25.5 Å². The molecule has 0 aromatic carbocycles. The number of hydrogen-bond acceptors (Lipinski definition) is 4. The Morgan fingerprint density at radius 2 is 2.24 bits per heavy atom. The smallest absolute Gasteiger partial charge is 0.215 e. The van der Waals surface area contributed by atoms with E-state index in [4.69, 9.17) is 0 Å². The first-order valence-corrected chi connectivity index (χ1v) is 7.13. The van der Waals surface area contributed by atoms with Gasteiger partial charge in [-0.15, -0.1) is 0 Å². The van der Waals surface area contributed by atoms with Crippen LogP contribution in [0.5, 0.6) is 0 Å². The summed E-state index contributed by atoms with van der Waals surface area (Å²) in [5.74, 6) is 0. The van der Waals surface area contributed by atoms with Crippen LogP contribution in [0.1, 0.15) is 12.5 Å². The minimum absolute atomic E-state index is 0.405. The van der Waals surface area contributed by atoms with Crippen LogP contribution in [-0.4, -0.2) is 38.8 Å². The molecule has 0 radical (unpaired) electrons. The van der Waals surface area contributed by atoms with E-state index in [-0.39, 0.29) is 0 Å². The first-order valence-electron chi connectivity index (χ1n) is 5.58. The van der Waals surface area contributed by atoms with Gasteiger partial charge in [0.15, 0.2) is 0 Å². The maximum absolute atomic E-state index is 11.7. The minimum atomic E-state index is -3.23. The molecule has 0 aliphatic heterocycles. The Morgan fingerprint density at radius 3 is 2.82 bits per heavy atom. The van der Waals surface area contributed by atoms with E-state index in [2.05, 4.69) is 15.0 Å². The Bertz CT molecular complexity index is 420. The minimum Gasteiger partial charge on any atom is -0.318 e. The van der Waals surface area contributed by atoms with E-state index in [9.17, 15) is 8.42 Å². The molecule has 1 rings (SSSR count). The van der Waals surface area contributed by atoms with Crippen molar-refractivity contribution in [2.45, 2.75) is 18.6 Å². The molecule has 0 amide bonds. The molecular formula is C11H19N3O2S. The molecule has 0 aliphatic carbocycles. The van der Waals surface area contributed by atoms with Crippen molar-refractivity contribution in [3.05, 3.63) is 30.1 Å². The lowest BCUT2D eigenvalue weighted by atomic mass is 10.2. The third-order valence-corrected chi connectivity index (χ3v) is 4.29. The number of hydrogen-bond donors (Lipinski definition) is 2. The maximum Gasteiger partial charge on any atom is 0.215 e. The molecule has 0 fully saturated rings. The molecule has 0 bridgehead atoms. The molecule has 2 N–H and O–H groups in total. The lowest BCUT2D eigenvalue weighted by molar-refractivity contribution is 0.563. The summed E-state index contributed by atoms with van der Waals surface area (Å²) in [5, 5.41) is 2.42. The number of pyridine rings is 1. The standard InChI is InChI=1S/C11H19N3O2S/c1-10(8-12-2)17(15,16)14-7-5-11-4-3-6-13-9-11/h3-4,6,9-10,12,14H,5,7-8H2,1-2H3. The molecule has 0 saturated carbocycles. The summed E-state index contributed by atoms with van der Waals surface area (Å²) >= 11 is 0. The van der Waals surface area contributed by atoms with Crippen LogP contribution in [0, 0.1) is 0 Å². The highest BCUT2D eigenvalue weighted by atomic mass is 32.2. The summed E-state index contributed by atoms with van der Waals surface area (Å²) in [6.07, 6.45) is 4.09. The van der Waals surface area contributed by atoms with Gasteiger partial charge in [0.1, 0.15) is 0 Å². The number of aromatic nitrogens is 1. The number of rotatable bonds is 7. The zero-order valence-corrected chi connectivity index (χ0v) is 11.0. The van der Waals surface area contributed by atoms with Gasteiger partial charge in [-0.2, -0.15) is 0 Å². The van der Waals surface area contributed by atoms with Gasteiger partial charge in [0.2, 0.25) is 10.0 Å². The van der Waals surface area contributed by atoms with Crippen LogP contribution in [-0.2, 0) is 16.4 Å². The highest BCUT2D eigenvalue weighted by Crippen LogP contribution is 1.99. The zero-order chi connectivity index (χ0) is 12.7. The van der Waals surface area contributed by atoms with Crippen LogP contribution in [0.25, 0.3) is 0 Å². The molecule has 17 heavy (non-hydrogen) atoms. The molecule has 5 nitrogen and oxygen atoms in total. The van der Waals surface area contributed by atoms with Crippen LogP contribution in [0.2, 0.25) is 0 Å². The normalized spacial score (nSPS) is 13.5. The van der Waals surface area contributed by atoms with Crippen molar-refractivity contribution in [3.63, 3.8) is 0 Å². The van der Waals surface area contributed by atoms with Crippen LogP contribution in [0.4, 0.5) is 0 Å². The van der Waals surface area contributed by atoms with Crippen LogP contribution < -0.4 is 10.0 Å². The van der Waals surface area contributed by atoms with Gasteiger partial charge < -0.3 is 5.32 Å². The van der Waals surface area contributed by atoms with Gasteiger partial charge in [0.25, 0.3) is 0 Å². The second-order valence-electron chi connectivity index (χ2n) is 3.92. The Morgan fingerprint density at radius 1 is 1.47 bits per heavy atom. The van der Waals surface area contributed by atoms with E-state index >= 15 is 0 Å². The summed E-state index contributed by atoms with van der Waals surface area (Å²) in [7, 11) is -1.49. The summed E-state index contributed by atoms with van der Waals surface area (Å²) in [6.45, 7) is 2.53. The Kier molecular flexibility index (Phi) is 5.54. The second-order valence-corrected chi connectivity index (χ2v) is 6.10. The molecule has 1 heterocycles. The van der Waals surface area contributed by atoms with Gasteiger partial charge in [-0.05, 0) is 32.0 Å². The third-order valence-electron chi connectivity index (χ3n) is 2.46. The monoisotopic (exact) mass is 257 g/mol. The van der Waals surface area contributed by atoms with E-state index in [0.29, 0.717) is 19.5 Å². The first kappa shape index (κ1) is 14.1. The van der Waals surface area contributed by atoms with Gasteiger partial charge in [-0.25, -0.2) is 13.1 Å². The van der Waals surface area contributed by atoms with E-state index in [1.807, 2.05) is 12.1 Å². The van der Waals surface area contributed by atoms with Gasteiger partial charge >= 0.3 is 0 Å². The molecule has 1 aromatic rings. The summed E-state index contributed by atoms with van der Waals surface area (Å²) < 4.78 is 26.1. The fourth-order valence-corrected chi connectivity index (χ4v) is 2.48. The van der Waals surface area contributed by atoms with Crippen molar-refractivity contribution < 1.29 is 8.42 Å². The van der Waals surface area contributed by atoms with Gasteiger partial charge in [-0.3, -0.25) is 4.98 Å². The lowest BCUT2D eigenvalue weighted by Crippen LogP contribution is -2.38. The van der Waals surface area contributed by atoms with Crippen molar-refractivity contribution in [1.29, 1.82) is 0 Å². The molecule has 1 aromatic heterocycles. The highest BCUT2D eigenvalue weighted by Gasteiger charge is 2.18. The molecule has 96 valence electrons. The van der Waals surface area contributed by atoms with Crippen molar-refractivity contribution in [2.75, 3.05) is 20.1 Å². The SMILES string of the molecule is CNCC(C)S(=O)(=O)NCCc1cccnc1. The Hall–Kier alpha value is -0.980. The summed E-state index contributed by atoms with van der Waals surface area (Å²) in [6, 6.07) is 3.77. The topological polar surface area (TPSA) is 71.1 Å². The van der Waals surface area contributed by atoms with Crippen molar-refractivity contribution in [2.24, 2.45) is 0 Å². The van der Waals surface area contributed by atoms with Crippen LogP contribution in [0.15, 0.2) is 24.5 Å². The van der Waals surface area contributed by atoms with E-state index in [0.717, 1.165) is 5.56 Å². The van der Waals surface area contributed by atoms with Crippen molar-refractivity contribution in [3.8, 4) is 0 Å². The van der Waals surface area contributed by atoms with Crippen LogP contribution >= 0.6 is 0 Å². The quantitative estimate of drug-likeness (QED) is 0.729. The second kappa shape index (κ2) is 6.68. The number of nitrogens with one attached hydrogen (secondary N) is 2. The maximum atomic E-state index is 11.7. The molecular weight excluding hydrogens is 238 g/mol. The molecule has 1 atom stereocenters. The van der Waals surface area contributed by atoms with Crippen molar-refractivity contribution in [1.82, 2.24) is 15.0 Å². The molecule has 1 unspecified atom stereocenters. The summed E-state index contributed by atoms with van der Waals surface area (Å²) in [4.78, 5) is 3.98. The highest BCUT2D eigenvalue weighted by molar-refractivity contribution is 7.90. The fourth-order valence-electron chi connectivity index (χ4n) is 1.42. The third kappa shape index (κ3) is 4.80. The molecule has 6 heteroatoms. The van der Waals surface area contributed by atoms with E-state index < -0.39 is 15.3 Å². The van der Waals surface area contributed by atoms with E-state index in [1.165, 1.54) is 0 Å². The predicted octanol–water partition coefficient (Wildman–Crippen LogP) is 0.151. The molecule has 0 saturated heterocycles.